The van der Waals surface area contributed by atoms with Gasteiger partial charge in [-0.15, -0.1) is 0 Å². The van der Waals surface area contributed by atoms with E-state index in [9.17, 15) is 9.90 Å². The third kappa shape index (κ3) is 4.46. The first kappa shape index (κ1) is 17.6. The molecule has 2 N–H and O–H groups in total. The molecule has 1 aromatic carbocycles. The van der Waals surface area contributed by atoms with Crippen LogP contribution in [0.1, 0.15) is 34.5 Å². The van der Waals surface area contributed by atoms with Crippen molar-refractivity contribution in [3.05, 3.63) is 47.2 Å². The summed E-state index contributed by atoms with van der Waals surface area (Å²) in [6.07, 6.45) is 2.11. The van der Waals surface area contributed by atoms with E-state index in [1.165, 1.54) is 5.56 Å². The number of piperidine rings is 1. The number of aromatic nitrogens is 2. The van der Waals surface area contributed by atoms with Crippen LogP contribution in [0.25, 0.3) is 0 Å². The van der Waals surface area contributed by atoms with E-state index in [4.69, 9.17) is 0 Å². The Kier molecular flexibility index (Phi) is 5.50. The van der Waals surface area contributed by atoms with Gasteiger partial charge >= 0.3 is 0 Å². The van der Waals surface area contributed by atoms with E-state index in [2.05, 4.69) is 15.3 Å². The number of carbonyl (C=O) groups excluding carboxylic acids is 1. The average molecular weight is 342 g/mol. The summed E-state index contributed by atoms with van der Waals surface area (Å²) < 4.78 is 1.73. The van der Waals surface area contributed by atoms with E-state index in [1.54, 1.807) is 4.68 Å². The fourth-order valence-corrected chi connectivity index (χ4v) is 3.16. The van der Waals surface area contributed by atoms with Crippen LogP contribution < -0.4 is 5.32 Å². The Balaban J connectivity index is 1.55. The Morgan fingerprint density at radius 1 is 1.28 bits per heavy atom. The highest BCUT2D eigenvalue weighted by Gasteiger charge is 2.18. The van der Waals surface area contributed by atoms with Gasteiger partial charge in [0.1, 0.15) is 0 Å². The van der Waals surface area contributed by atoms with Gasteiger partial charge in [0.2, 0.25) is 0 Å². The van der Waals surface area contributed by atoms with Crippen LogP contribution in [0.4, 0.5) is 5.82 Å². The summed E-state index contributed by atoms with van der Waals surface area (Å²) in [5, 5.41) is 16.3. The predicted octanol–water partition coefficient (Wildman–Crippen LogP) is 2.19. The van der Waals surface area contributed by atoms with Crippen molar-refractivity contribution >= 4 is 11.7 Å². The summed E-state index contributed by atoms with van der Waals surface area (Å²) in [7, 11) is 1.85. The predicted molar refractivity (Wildman–Crippen MR) is 97.4 cm³/mol. The van der Waals surface area contributed by atoms with Crippen LogP contribution in [-0.2, 0) is 13.6 Å². The molecule has 0 spiro atoms. The number of aryl methyl sites for hydroxylation is 2. The van der Waals surface area contributed by atoms with Gasteiger partial charge in [0.15, 0.2) is 5.82 Å². The molecule has 3 rings (SSSR count). The minimum Gasteiger partial charge on any atom is -0.396 e. The minimum atomic E-state index is -0.145. The molecule has 1 saturated heterocycles. The van der Waals surface area contributed by atoms with Crippen molar-refractivity contribution < 1.29 is 9.90 Å². The van der Waals surface area contributed by atoms with Crippen molar-refractivity contribution in [1.29, 1.82) is 0 Å². The number of likely N-dealkylation sites (tertiary alicyclic amines) is 1. The van der Waals surface area contributed by atoms with Gasteiger partial charge in [-0.1, -0.05) is 12.1 Å². The fourth-order valence-electron chi connectivity index (χ4n) is 3.16. The second kappa shape index (κ2) is 7.80. The lowest BCUT2D eigenvalue weighted by Gasteiger charge is -2.31. The number of aliphatic hydroxyl groups is 1. The third-order valence-electron chi connectivity index (χ3n) is 4.94. The lowest BCUT2D eigenvalue weighted by Crippen LogP contribution is -2.34. The Morgan fingerprint density at radius 3 is 2.52 bits per heavy atom. The molecule has 1 aliphatic heterocycles. The molecule has 6 heteroatoms. The maximum absolute atomic E-state index is 12.3. The van der Waals surface area contributed by atoms with Crippen molar-refractivity contribution in [2.45, 2.75) is 26.3 Å². The van der Waals surface area contributed by atoms with E-state index in [-0.39, 0.29) is 5.91 Å². The highest BCUT2D eigenvalue weighted by atomic mass is 16.3. The van der Waals surface area contributed by atoms with Crippen molar-refractivity contribution in [2.24, 2.45) is 13.0 Å². The number of hydrogen-bond acceptors (Lipinski definition) is 4. The Hall–Kier alpha value is -2.18. The zero-order valence-electron chi connectivity index (χ0n) is 14.9. The standard InChI is InChI=1S/C19H26N4O2/c1-14-11-18(21-22(14)2)20-19(25)17-5-3-15(4-6-17)12-23-9-7-16(13-24)8-10-23/h3-6,11,16,24H,7-10,12-13H2,1-2H3,(H,20,21,25). The summed E-state index contributed by atoms with van der Waals surface area (Å²) >= 11 is 0. The number of amides is 1. The smallest absolute Gasteiger partial charge is 0.256 e. The maximum atomic E-state index is 12.3. The monoisotopic (exact) mass is 342 g/mol. The Bertz CT molecular complexity index is 696. The highest BCUT2D eigenvalue weighted by Crippen LogP contribution is 2.19. The molecule has 2 heterocycles. The number of aliphatic hydroxyl groups excluding tert-OH is 1. The van der Waals surface area contributed by atoms with Crippen molar-refractivity contribution in [2.75, 3.05) is 25.0 Å². The molecule has 0 bridgehead atoms. The van der Waals surface area contributed by atoms with E-state index in [0.29, 0.717) is 23.9 Å². The topological polar surface area (TPSA) is 70.4 Å². The van der Waals surface area contributed by atoms with Crippen LogP contribution in [0.5, 0.6) is 0 Å². The largest absolute Gasteiger partial charge is 0.396 e. The molecule has 2 aromatic rings. The summed E-state index contributed by atoms with van der Waals surface area (Å²) in [6, 6.07) is 9.59. The van der Waals surface area contributed by atoms with Gasteiger partial charge in [-0.3, -0.25) is 14.4 Å². The number of rotatable bonds is 5. The Morgan fingerprint density at radius 2 is 1.96 bits per heavy atom. The number of nitrogens with zero attached hydrogens (tertiary/aromatic N) is 3. The first-order chi connectivity index (χ1) is 12.0. The summed E-state index contributed by atoms with van der Waals surface area (Å²) in [6.45, 7) is 5.17. The molecule has 0 aliphatic carbocycles. The van der Waals surface area contributed by atoms with Gasteiger partial charge in [-0.25, -0.2) is 0 Å². The molecule has 1 aromatic heterocycles. The van der Waals surface area contributed by atoms with Gasteiger partial charge < -0.3 is 10.4 Å². The molecule has 1 fully saturated rings. The molecule has 6 nitrogen and oxygen atoms in total. The Labute approximate surface area is 148 Å². The molecule has 0 unspecified atom stereocenters. The summed E-state index contributed by atoms with van der Waals surface area (Å²) in [5.41, 5.74) is 2.83. The van der Waals surface area contributed by atoms with Crippen LogP contribution in [0.3, 0.4) is 0 Å². The number of hydrogen-bond donors (Lipinski definition) is 2. The molecule has 134 valence electrons. The lowest BCUT2D eigenvalue weighted by atomic mass is 9.97. The van der Waals surface area contributed by atoms with Gasteiger partial charge in [0.25, 0.3) is 5.91 Å². The van der Waals surface area contributed by atoms with Crippen LogP contribution in [0.2, 0.25) is 0 Å². The second-order valence-corrected chi connectivity index (χ2v) is 6.85. The zero-order valence-corrected chi connectivity index (χ0v) is 14.9. The van der Waals surface area contributed by atoms with Crippen molar-refractivity contribution in [1.82, 2.24) is 14.7 Å². The normalized spacial score (nSPS) is 16.1. The zero-order chi connectivity index (χ0) is 17.8. The molecule has 1 amide bonds. The SMILES string of the molecule is Cc1cc(NC(=O)c2ccc(CN3CCC(CO)CC3)cc2)nn1C. The molecular weight excluding hydrogens is 316 g/mol. The number of carbonyl (C=O) groups is 1. The molecule has 25 heavy (non-hydrogen) atoms. The summed E-state index contributed by atoms with van der Waals surface area (Å²) in [5.74, 6) is 0.881. The third-order valence-corrected chi connectivity index (χ3v) is 4.94. The first-order valence-corrected chi connectivity index (χ1v) is 8.79. The second-order valence-electron chi connectivity index (χ2n) is 6.85. The van der Waals surface area contributed by atoms with E-state index >= 15 is 0 Å². The minimum absolute atomic E-state index is 0.145. The van der Waals surface area contributed by atoms with E-state index < -0.39 is 0 Å². The number of benzene rings is 1. The molecular formula is C19H26N4O2. The van der Waals surface area contributed by atoms with Crippen molar-refractivity contribution in [3.8, 4) is 0 Å². The molecule has 0 atom stereocenters. The summed E-state index contributed by atoms with van der Waals surface area (Å²) in [4.78, 5) is 14.7. The average Bonchev–Trinajstić information content (AvgIpc) is 2.93. The van der Waals surface area contributed by atoms with Gasteiger partial charge in [0.05, 0.1) is 0 Å². The van der Waals surface area contributed by atoms with Crippen molar-refractivity contribution in [3.63, 3.8) is 0 Å². The van der Waals surface area contributed by atoms with E-state index in [1.807, 2.05) is 44.3 Å². The van der Waals surface area contributed by atoms with Crippen LogP contribution in [0, 0.1) is 12.8 Å². The van der Waals surface area contributed by atoms with Crippen LogP contribution >= 0.6 is 0 Å². The lowest BCUT2D eigenvalue weighted by molar-refractivity contribution is 0.102. The molecule has 0 saturated carbocycles. The van der Waals surface area contributed by atoms with E-state index in [0.717, 1.165) is 38.2 Å². The quantitative estimate of drug-likeness (QED) is 0.874. The molecule has 1 aliphatic rings. The maximum Gasteiger partial charge on any atom is 0.256 e. The molecule has 0 radical (unpaired) electrons. The first-order valence-electron chi connectivity index (χ1n) is 8.79. The van der Waals surface area contributed by atoms with Gasteiger partial charge in [-0.2, -0.15) is 5.10 Å². The van der Waals surface area contributed by atoms with Crippen LogP contribution in [-0.4, -0.2) is 45.4 Å². The number of nitrogens with one attached hydrogen (secondary N) is 1. The van der Waals surface area contributed by atoms with Crippen LogP contribution in [0.15, 0.2) is 30.3 Å². The van der Waals surface area contributed by atoms with Gasteiger partial charge in [0, 0.05) is 37.5 Å². The van der Waals surface area contributed by atoms with Gasteiger partial charge in [-0.05, 0) is 56.5 Å². The number of anilines is 1. The highest BCUT2D eigenvalue weighted by molar-refractivity contribution is 6.03. The fraction of sp³-hybridized carbons (Fsp3) is 0.474.